The second-order valence-corrected chi connectivity index (χ2v) is 11.3. The average Bonchev–Trinajstić information content (AvgIpc) is 3.03. The maximum Gasteiger partial charge on any atom is 0.446 e. The fourth-order valence-corrected chi connectivity index (χ4v) is 5.00. The minimum atomic E-state index is -4.71. The number of rotatable bonds is 13. The summed E-state index contributed by atoms with van der Waals surface area (Å²) in [5.74, 6) is 0. The summed E-state index contributed by atoms with van der Waals surface area (Å²) in [6.07, 6.45) is -4.71. The van der Waals surface area contributed by atoms with Gasteiger partial charge >= 0.3 is 11.4 Å². The molecule has 5 aromatic carbocycles. The molecule has 0 spiro atoms. The molecule has 0 bridgehead atoms. The van der Waals surface area contributed by atoms with Crippen LogP contribution in [0.3, 0.4) is 0 Å². The second kappa shape index (κ2) is 16.9. The van der Waals surface area contributed by atoms with Gasteiger partial charge < -0.3 is 5.21 Å². The van der Waals surface area contributed by atoms with Gasteiger partial charge in [0.25, 0.3) is 0 Å². The van der Waals surface area contributed by atoms with Crippen LogP contribution in [-0.4, -0.2) is 26.7 Å². The SMILES string of the molecule is FC(F)(ON(Cc1ccccc1)Cc1ccccc1)C(F)(F)Sc1ccccc1.ON(Cc1ccccc1)Cc1ccccc1. The molecular weight excluding hydrogens is 600 g/mol. The maximum atomic E-state index is 14.5. The van der Waals surface area contributed by atoms with Crippen molar-refractivity contribution in [3.63, 3.8) is 0 Å². The quantitative estimate of drug-likeness (QED) is 0.0793. The summed E-state index contributed by atoms with van der Waals surface area (Å²) in [7, 11) is 0. The normalized spacial score (nSPS) is 11.7. The smallest absolute Gasteiger partial charge is 0.313 e. The lowest BCUT2D eigenvalue weighted by Crippen LogP contribution is -2.45. The highest BCUT2D eigenvalue weighted by Gasteiger charge is 2.60. The zero-order valence-electron chi connectivity index (χ0n) is 24.4. The van der Waals surface area contributed by atoms with E-state index in [1.807, 2.05) is 60.7 Å². The van der Waals surface area contributed by atoms with Crippen LogP contribution < -0.4 is 0 Å². The van der Waals surface area contributed by atoms with Gasteiger partial charge in [-0.05, 0) is 46.1 Å². The molecule has 0 saturated heterocycles. The molecule has 0 heterocycles. The van der Waals surface area contributed by atoms with Gasteiger partial charge in [-0.1, -0.05) is 140 Å². The largest absolute Gasteiger partial charge is 0.446 e. The van der Waals surface area contributed by atoms with Crippen molar-refractivity contribution >= 4 is 11.8 Å². The molecule has 4 nitrogen and oxygen atoms in total. The molecule has 0 aliphatic heterocycles. The molecule has 45 heavy (non-hydrogen) atoms. The van der Waals surface area contributed by atoms with Crippen molar-refractivity contribution in [3.05, 3.63) is 174 Å². The Hall–Kier alpha value is -3.99. The van der Waals surface area contributed by atoms with Crippen LogP contribution in [0.4, 0.5) is 17.6 Å². The number of halogens is 4. The minimum Gasteiger partial charge on any atom is -0.313 e. The van der Waals surface area contributed by atoms with Crippen molar-refractivity contribution < 1.29 is 27.6 Å². The lowest BCUT2D eigenvalue weighted by atomic mass is 10.2. The van der Waals surface area contributed by atoms with Crippen LogP contribution in [-0.2, 0) is 31.0 Å². The van der Waals surface area contributed by atoms with Crippen LogP contribution in [0.25, 0.3) is 0 Å². The number of benzene rings is 5. The number of hydrogen-bond donors (Lipinski definition) is 1. The Morgan fingerprint density at radius 1 is 0.489 bits per heavy atom. The number of hydroxylamine groups is 4. The van der Waals surface area contributed by atoms with E-state index in [-0.39, 0.29) is 29.7 Å². The molecule has 0 fully saturated rings. The number of alkyl halides is 4. The first-order valence-corrected chi connectivity index (χ1v) is 15.0. The van der Waals surface area contributed by atoms with Crippen molar-refractivity contribution in [2.24, 2.45) is 0 Å². The summed E-state index contributed by atoms with van der Waals surface area (Å²) >= 11 is -0.228. The molecule has 0 amide bonds. The summed E-state index contributed by atoms with van der Waals surface area (Å²) in [6.45, 7) is 0.959. The van der Waals surface area contributed by atoms with E-state index in [1.54, 1.807) is 66.7 Å². The molecule has 0 atom stereocenters. The summed E-state index contributed by atoms with van der Waals surface area (Å²) in [5, 5.41) is 7.52. The first-order valence-electron chi connectivity index (χ1n) is 14.2. The van der Waals surface area contributed by atoms with Gasteiger partial charge in [0.2, 0.25) is 0 Å². The predicted molar refractivity (Wildman–Crippen MR) is 169 cm³/mol. The highest BCUT2D eigenvalue weighted by molar-refractivity contribution is 8.00. The molecule has 1 N–H and O–H groups in total. The number of hydrogen-bond acceptors (Lipinski definition) is 5. The molecule has 0 radical (unpaired) electrons. The summed E-state index contributed by atoms with van der Waals surface area (Å²) in [6, 6.07) is 44.6. The molecule has 0 aromatic heterocycles. The van der Waals surface area contributed by atoms with Crippen molar-refractivity contribution in [2.45, 2.75) is 42.4 Å². The first-order chi connectivity index (χ1) is 21.7. The zero-order valence-corrected chi connectivity index (χ0v) is 25.2. The van der Waals surface area contributed by atoms with E-state index in [0.717, 1.165) is 16.2 Å². The predicted octanol–water partition coefficient (Wildman–Crippen LogP) is 9.68. The molecule has 5 rings (SSSR count). The van der Waals surface area contributed by atoms with Gasteiger partial charge in [-0.15, -0.1) is 0 Å². The van der Waals surface area contributed by atoms with Crippen LogP contribution in [0.5, 0.6) is 0 Å². The lowest BCUT2D eigenvalue weighted by Gasteiger charge is -2.31. The first kappa shape index (κ1) is 33.9. The fourth-order valence-electron chi connectivity index (χ4n) is 4.25. The summed E-state index contributed by atoms with van der Waals surface area (Å²) < 4.78 is 57.8. The monoisotopic (exact) mass is 634 g/mol. The van der Waals surface area contributed by atoms with Gasteiger partial charge in [0.05, 0.1) is 0 Å². The third-order valence-corrected chi connectivity index (χ3v) is 7.39. The van der Waals surface area contributed by atoms with Crippen LogP contribution in [0, 0.1) is 0 Å². The van der Waals surface area contributed by atoms with E-state index in [1.165, 1.54) is 29.3 Å². The second-order valence-electron chi connectivity index (χ2n) is 10.1. The Labute approximate surface area is 265 Å². The van der Waals surface area contributed by atoms with E-state index >= 15 is 0 Å². The molecular formula is C36H34F4N2O2S. The Kier molecular flexibility index (Phi) is 12.7. The van der Waals surface area contributed by atoms with E-state index in [0.29, 0.717) is 24.2 Å². The third-order valence-electron chi connectivity index (χ3n) is 6.39. The van der Waals surface area contributed by atoms with Crippen molar-refractivity contribution in [1.82, 2.24) is 10.1 Å². The summed E-state index contributed by atoms with van der Waals surface area (Å²) in [4.78, 5) is 4.64. The Balaban J connectivity index is 0.000000242. The highest BCUT2D eigenvalue weighted by Crippen LogP contribution is 2.47. The van der Waals surface area contributed by atoms with Gasteiger partial charge in [0, 0.05) is 31.1 Å². The highest BCUT2D eigenvalue weighted by atomic mass is 32.2. The molecule has 9 heteroatoms. The van der Waals surface area contributed by atoms with Crippen molar-refractivity contribution in [3.8, 4) is 0 Å². The van der Waals surface area contributed by atoms with E-state index in [9.17, 15) is 22.8 Å². The number of nitrogens with zero attached hydrogens (tertiary/aromatic N) is 2. The molecule has 0 unspecified atom stereocenters. The summed E-state index contributed by atoms with van der Waals surface area (Å²) in [5.41, 5.74) is 3.55. The molecule has 0 aliphatic carbocycles. The van der Waals surface area contributed by atoms with Gasteiger partial charge in [0.1, 0.15) is 0 Å². The van der Waals surface area contributed by atoms with Gasteiger partial charge in [-0.3, -0.25) is 0 Å². The minimum absolute atomic E-state index is 0.0263. The van der Waals surface area contributed by atoms with Gasteiger partial charge in [0.15, 0.2) is 0 Å². The fraction of sp³-hybridized carbons (Fsp3) is 0.167. The topological polar surface area (TPSA) is 35.9 Å². The van der Waals surface area contributed by atoms with Gasteiger partial charge in [-0.2, -0.15) is 27.7 Å². The maximum absolute atomic E-state index is 14.5. The van der Waals surface area contributed by atoms with E-state index < -0.39 is 11.4 Å². The van der Waals surface area contributed by atoms with Crippen LogP contribution in [0.15, 0.2) is 157 Å². The van der Waals surface area contributed by atoms with Crippen LogP contribution >= 0.6 is 11.8 Å². The third kappa shape index (κ3) is 11.5. The molecule has 5 aromatic rings. The lowest BCUT2D eigenvalue weighted by molar-refractivity contribution is -0.406. The van der Waals surface area contributed by atoms with Crippen LogP contribution in [0.2, 0.25) is 0 Å². The Morgan fingerprint density at radius 3 is 1.16 bits per heavy atom. The molecule has 234 valence electrons. The molecule has 0 saturated carbocycles. The molecule has 0 aliphatic rings. The van der Waals surface area contributed by atoms with E-state index in [2.05, 4.69) is 4.84 Å². The van der Waals surface area contributed by atoms with Crippen molar-refractivity contribution in [2.75, 3.05) is 0 Å². The van der Waals surface area contributed by atoms with E-state index in [4.69, 9.17) is 0 Å². The Bertz CT molecular complexity index is 1440. The average molecular weight is 635 g/mol. The van der Waals surface area contributed by atoms with Crippen molar-refractivity contribution in [1.29, 1.82) is 0 Å². The Morgan fingerprint density at radius 2 is 0.800 bits per heavy atom. The zero-order chi connectivity index (χ0) is 32.0. The van der Waals surface area contributed by atoms with Gasteiger partial charge in [-0.25, -0.2) is 4.84 Å². The number of thioether (sulfide) groups is 1. The van der Waals surface area contributed by atoms with Crippen LogP contribution in [0.1, 0.15) is 22.3 Å². The standard InChI is InChI=1S/C22H19F4NOS.C14H15NO/c23-21(24,22(25,26)29-20-14-8-3-9-15-20)28-27(16-18-10-4-1-5-11-18)17-19-12-6-2-7-13-19;16-15(11-13-7-3-1-4-8-13)12-14-9-5-2-6-10-14/h1-15H,16-17H2;1-10,16H,11-12H2.